The third kappa shape index (κ3) is 3.33. The van der Waals surface area contributed by atoms with Crippen LogP contribution in [0.3, 0.4) is 0 Å². The number of carbonyl (C=O) groups is 1. The van der Waals surface area contributed by atoms with E-state index in [4.69, 9.17) is 16.3 Å². The van der Waals surface area contributed by atoms with Gasteiger partial charge < -0.3 is 10.1 Å². The van der Waals surface area contributed by atoms with E-state index in [9.17, 15) is 9.59 Å². The van der Waals surface area contributed by atoms with Crippen LogP contribution in [0, 0.1) is 0 Å². The van der Waals surface area contributed by atoms with Crippen LogP contribution in [-0.2, 0) is 11.4 Å². The van der Waals surface area contributed by atoms with Crippen molar-refractivity contribution in [3.05, 3.63) is 105 Å². The van der Waals surface area contributed by atoms with Gasteiger partial charge in [0.15, 0.2) is 0 Å². The summed E-state index contributed by atoms with van der Waals surface area (Å²) in [6.07, 6.45) is 0.126. The molecule has 1 aliphatic rings. The summed E-state index contributed by atoms with van der Waals surface area (Å²) in [6, 6.07) is 22.5. The molecule has 1 unspecified atom stereocenters. The summed E-state index contributed by atoms with van der Waals surface area (Å²) >= 11 is 6.29. The monoisotopic (exact) mass is 470 g/mol. The zero-order chi connectivity index (χ0) is 23.2. The number of carbonyl (C=O) groups excluding carboxylic acids is 1. The normalized spacial score (nSPS) is 15.3. The number of anilines is 1. The van der Waals surface area contributed by atoms with Crippen LogP contribution in [0.2, 0.25) is 5.02 Å². The number of hydrogen-bond acceptors (Lipinski definition) is 4. The van der Waals surface area contributed by atoms with E-state index in [0.29, 0.717) is 27.9 Å². The maximum absolute atomic E-state index is 13.3. The number of para-hydroxylation sites is 3. The molecular weight excluding hydrogens is 452 g/mol. The second-order valence-corrected chi connectivity index (χ2v) is 8.61. The zero-order valence-electron chi connectivity index (χ0n) is 17.9. The number of ether oxygens (including phenoxy) is 1. The summed E-state index contributed by atoms with van der Waals surface area (Å²) in [7, 11) is 0. The van der Waals surface area contributed by atoms with E-state index in [-0.39, 0.29) is 24.5 Å². The van der Waals surface area contributed by atoms with Gasteiger partial charge in [0.05, 0.1) is 16.6 Å². The predicted octanol–water partition coefficient (Wildman–Crippen LogP) is 4.88. The zero-order valence-corrected chi connectivity index (χ0v) is 18.7. The van der Waals surface area contributed by atoms with Crippen molar-refractivity contribution >= 4 is 40.1 Å². The standard InChI is InChI=1S/C26H19ClN4O3/c27-18-9-3-1-7-15(18)14-34-21-12-6-2-8-16(21)17-13-22(32)29-24-23(17)25(33)30-26-28-19-10-4-5-11-20(19)31(24)26/h1-12,17H,13-14H2,(H,29,32)(H,28,30,33). The number of halogens is 1. The van der Waals surface area contributed by atoms with E-state index >= 15 is 0 Å². The SMILES string of the molecule is O=C1CC(c2ccccc2OCc2ccccc2Cl)c2c(n3c(nc4ccccc43)[nH]c2=O)N1. The molecule has 0 aliphatic carbocycles. The fourth-order valence-corrected chi connectivity index (χ4v) is 4.78. The minimum atomic E-state index is -0.486. The molecule has 0 saturated heterocycles. The smallest absolute Gasteiger partial charge is 0.258 e. The first-order valence-electron chi connectivity index (χ1n) is 10.9. The first kappa shape index (κ1) is 20.5. The highest BCUT2D eigenvalue weighted by molar-refractivity contribution is 6.31. The third-order valence-electron chi connectivity index (χ3n) is 6.14. The molecule has 6 rings (SSSR count). The van der Waals surface area contributed by atoms with Gasteiger partial charge in [0.2, 0.25) is 11.7 Å². The van der Waals surface area contributed by atoms with Crippen LogP contribution in [0.4, 0.5) is 5.82 Å². The minimum Gasteiger partial charge on any atom is -0.489 e. The number of H-pyrrole nitrogens is 1. The molecule has 0 bridgehead atoms. The highest BCUT2D eigenvalue weighted by atomic mass is 35.5. The lowest BCUT2D eigenvalue weighted by Crippen LogP contribution is -2.32. The van der Waals surface area contributed by atoms with Crippen molar-refractivity contribution in [1.29, 1.82) is 0 Å². The van der Waals surface area contributed by atoms with E-state index in [1.807, 2.05) is 72.8 Å². The van der Waals surface area contributed by atoms with Crippen LogP contribution in [0.1, 0.15) is 29.0 Å². The molecule has 8 heteroatoms. The molecule has 0 spiro atoms. The van der Waals surface area contributed by atoms with Crippen molar-refractivity contribution < 1.29 is 9.53 Å². The van der Waals surface area contributed by atoms with Gasteiger partial charge in [0.1, 0.15) is 18.2 Å². The Hall–Kier alpha value is -4.10. The topological polar surface area (TPSA) is 88.5 Å². The number of nitrogens with one attached hydrogen (secondary N) is 2. The van der Waals surface area contributed by atoms with Crippen molar-refractivity contribution in [2.75, 3.05) is 5.32 Å². The van der Waals surface area contributed by atoms with Gasteiger partial charge in [0.25, 0.3) is 5.56 Å². The number of aromatic amines is 1. The van der Waals surface area contributed by atoms with Gasteiger partial charge in [0, 0.05) is 28.5 Å². The number of rotatable bonds is 4. The summed E-state index contributed by atoms with van der Waals surface area (Å²) in [5.41, 5.74) is 3.33. The summed E-state index contributed by atoms with van der Waals surface area (Å²) in [5, 5.41) is 3.53. The van der Waals surface area contributed by atoms with Crippen LogP contribution in [0.5, 0.6) is 5.75 Å². The molecule has 7 nitrogen and oxygen atoms in total. The van der Waals surface area contributed by atoms with Crippen molar-refractivity contribution in [2.45, 2.75) is 18.9 Å². The molecule has 2 aromatic heterocycles. The Morgan fingerprint density at radius 3 is 2.65 bits per heavy atom. The van der Waals surface area contributed by atoms with Gasteiger partial charge in [-0.05, 0) is 24.3 Å². The second-order valence-electron chi connectivity index (χ2n) is 8.20. The summed E-state index contributed by atoms with van der Waals surface area (Å²) in [4.78, 5) is 33.5. The molecular formula is C26H19ClN4O3. The number of nitrogens with zero attached hydrogens (tertiary/aromatic N) is 2. The van der Waals surface area contributed by atoms with Crippen LogP contribution in [0.15, 0.2) is 77.6 Å². The molecule has 34 heavy (non-hydrogen) atoms. The lowest BCUT2D eigenvalue weighted by molar-refractivity contribution is -0.116. The molecule has 0 radical (unpaired) electrons. The largest absolute Gasteiger partial charge is 0.489 e. The highest BCUT2D eigenvalue weighted by Crippen LogP contribution is 2.40. The molecule has 5 aromatic rings. The summed E-state index contributed by atoms with van der Waals surface area (Å²) in [6.45, 7) is 0.268. The van der Waals surface area contributed by atoms with Crippen molar-refractivity contribution in [1.82, 2.24) is 14.4 Å². The van der Waals surface area contributed by atoms with E-state index in [0.717, 1.165) is 22.2 Å². The van der Waals surface area contributed by atoms with Gasteiger partial charge in [-0.2, -0.15) is 0 Å². The van der Waals surface area contributed by atoms with Gasteiger partial charge in [-0.1, -0.05) is 60.1 Å². The number of imidazole rings is 1. The molecule has 2 N–H and O–H groups in total. The van der Waals surface area contributed by atoms with E-state index < -0.39 is 5.92 Å². The number of amides is 1. The van der Waals surface area contributed by atoms with Crippen molar-refractivity contribution in [3.63, 3.8) is 0 Å². The molecule has 3 aromatic carbocycles. The summed E-state index contributed by atoms with van der Waals surface area (Å²) in [5.74, 6) is 0.760. The Labute approximate surface area is 199 Å². The number of benzene rings is 3. The minimum absolute atomic E-state index is 0.126. The fourth-order valence-electron chi connectivity index (χ4n) is 4.59. The van der Waals surface area contributed by atoms with Crippen molar-refractivity contribution in [2.24, 2.45) is 0 Å². The van der Waals surface area contributed by atoms with Gasteiger partial charge in [-0.15, -0.1) is 0 Å². The van der Waals surface area contributed by atoms with E-state index in [1.165, 1.54) is 0 Å². The van der Waals surface area contributed by atoms with Crippen molar-refractivity contribution in [3.8, 4) is 5.75 Å². The van der Waals surface area contributed by atoms with Gasteiger partial charge in [-0.25, -0.2) is 4.98 Å². The summed E-state index contributed by atoms with van der Waals surface area (Å²) < 4.78 is 7.94. The Kier molecular flexibility index (Phi) is 4.85. The van der Waals surface area contributed by atoms with Gasteiger partial charge >= 0.3 is 0 Å². The quantitative estimate of drug-likeness (QED) is 0.391. The average Bonchev–Trinajstić information content (AvgIpc) is 3.21. The number of fused-ring (bicyclic) bond motifs is 5. The lowest BCUT2D eigenvalue weighted by Gasteiger charge is -2.27. The Morgan fingerprint density at radius 2 is 1.76 bits per heavy atom. The molecule has 1 aliphatic heterocycles. The predicted molar refractivity (Wildman–Crippen MR) is 131 cm³/mol. The van der Waals surface area contributed by atoms with Crippen LogP contribution in [0.25, 0.3) is 16.8 Å². The third-order valence-corrected chi connectivity index (χ3v) is 6.51. The Morgan fingerprint density at radius 1 is 1.00 bits per heavy atom. The van der Waals surface area contributed by atoms with E-state index in [1.54, 1.807) is 4.40 Å². The van der Waals surface area contributed by atoms with E-state index in [2.05, 4.69) is 15.3 Å². The maximum Gasteiger partial charge on any atom is 0.258 e. The highest BCUT2D eigenvalue weighted by Gasteiger charge is 2.33. The van der Waals surface area contributed by atoms with Gasteiger partial charge in [-0.3, -0.25) is 19.0 Å². The van der Waals surface area contributed by atoms with Crippen LogP contribution < -0.4 is 15.6 Å². The number of hydrogen-bond donors (Lipinski definition) is 2. The van der Waals surface area contributed by atoms with Crippen LogP contribution in [-0.4, -0.2) is 20.3 Å². The molecule has 3 heterocycles. The fraction of sp³-hybridized carbons (Fsp3) is 0.115. The van der Waals surface area contributed by atoms with Crippen LogP contribution >= 0.6 is 11.6 Å². The molecule has 168 valence electrons. The Balaban J connectivity index is 1.49. The molecule has 1 amide bonds. The lowest BCUT2D eigenvalue weighted by atomic mass is 9.86. The first-order chi connectivity index (χ1) is 16.6. The number of aromatic nitrogens is 3. The first-order valence-corrected chi connectivity index (χ1v) is 11.3. The Bertz CT molecular complexity index is 1640. The average molecular weight is 471 g/mol. The molecule has 1 atom stereocenters. The molecule has 0 fully saturated rings. The maximum atomic E-state index is 13.3. The molecule has 0 saturated carbocycles. The second kappa shape index (κ2) is 8.04.